The number of ether oxygens (including phenoxy) is 1. The molecule has 0 spiro atoms. The summed E-state index contributed by atoms with van der Waals surface area (Å²) in [4.78, 5) is 25.8. The van der Waals surface area contributed by atoms with Crippen LogP contribution in [0, 0.1) is 17.1 Å². The predicted octanol–water partition coefficient (Wildman–Crippen LogP) is 4.23. The summed E-state index contributed by atoms with van der Waals surface area (Å²) in [6.45, 7) is 0. The minimum atomic E-state index is -1.35. The molecule has 0 aliphatic rings. The van der Waals surface area contributed by atoms with Crippen LogP contribution in [0.2, 0.25) is 0 Å². The summed E-state index contributed by atoms with van der Waals surface area (Å²) in [5.74, 6) is -2.11. The number of halogens is 1. The Labute approximate surface area is 170 Å². The number of benzene rings is 3. The SMILES string of the molecule is N#Cc1ccccc1Sc1ccccc1C(=O)O[C@@H](C(N)=O)c1ccc(F)cc1. The molecule has 0 bridgehead atoms. The smallest absolute Gasteiger partial charge is 0.340 e. The van der Waals surface area contributed by atoms with E-state index in [0.717, 1.165) is 12.1 Å². The first kappa shape index (κ1) is 20.1. The molecule has 2 N–H and O–H groups in total. The zero-order valence-corrected chi connectivity index (χ0v) is 15.9. The van der Waals surface area contributed by atoms with Crippen molar-refractivity contribution in [1.29, 1.82) is 5.26 Å². The Bertz CT molecular complexity index is 1090. The van der Waals surface area contributed by atoms with Crippen LogP contribution in [-0.2, 0) is 9.53 Å². The Kier molecular flexibility index (Phi) is 6.27. The molecule has 1 atom stereocenters. The topological polar surface area (TPSA) is 93.2 Å². The number of hydrogen-bond donors (Lipinski definition) is 1. The number of nitriles is 1. The van der Waals surface area contributed by atoms with E-state index in [1.807, 2.05) is 0 Å². The first-order valence-corrected chi connectivity index (χ1v) is 9.33. The van der Waals surface area contributed by atoms with E-state index in [2.05, 4.69) is 6.07 Å². The van der Waals surface area contributed by atoms with Gasteiger partial charge in [0.15, 0.2) is 0 Å². The quantitative estimate of drug-likeness (QED) is 0.618. The van der Waals surface area contributed by atoms with Gasteiger partial charge in [-0.25, -0.2) is 9.18 Å². The molecular formula is C22H15FN2O3S. The summed E-state index contributed by atoms with van der Waals surface area (Å²) >= 11 is 1.24. The molecule has 0 saturated carbocycles. The third-order valence-electron chi connectivity index (χ3n) is 3.99. The molecule has 0 aliphatic carbocycles. The molecule has 0 radical (unpaired) electrons. The minimum absolute atomic E-state index is 0.221. The normalized spacial score (nSPS) is 11.3. The molecule has 3 rings (SSSR count). The number of nitrogens with zero attached hydrogens (tertiary/aromatic N) is 1. The third-order valence-corrected chi connectivity index (χ3v) is 5.14. The third kappa shape index (κ3) is 4.81. The summed E-state index contributed by atoms with van der Waals surface area (Å²) in [6, 6.07) is 20.8. The molecule has 5 nitrogen and oxygen atoms in total. The van der Waals surface area contributed by atoms with E-state index < -0.39 is 23.8 Å². The van der Waals surface area contributed by atoms with Crippen LogP contribution in [0.5, 0.6) is 0 Å². The molecule has 3 aromatic carbocycles. The van der Waals surface area contributed by atoms with Crippen LogP contribution >= 0.6 is 11.8 Å². The van der Waals surface area contributed by atoms with Crippen molar-refractivity contribution in [3.8, 4) is 6.07 Å². The molecule has 144 valence electrons. The van der Waals surface area contributed by atoms with Crippen molar-refractivity contribution in [2.75, 3.05) is 0 Å². The average molecular weight is 406 g/mol. The molecule has 0 saturated heterocycles. The highest BCUT2D eigenvalue weighted by Crippen LogP contribution is 2.33. The maximum atomic E-state index is 13.2. The zero-order chi connectivity index (χ0) is 20.8. The van der Waals surface area contributed by atoms with E-state index in [9.17, 15) is 19.2 Å². The number of carbonyl (C=O) groups excluding carboxylic acids is 2. The minimum Gasteiger partial charge on any atom is -0.444 e. The fourth-order valence-corrected chi connectivity index (χ4v) is 3.60. The lowest BCUT2D eigenvalue weighted by molar-refractivity contribution is -0.127. The molecule has 0 aliphatic heterocycles. The molecule has 0 heterocycles. The van der Waals surface area contributed by atoms with E-state index in [-0.39, 0.29) is 11.1 Å². The van der Waals surface area contributed by atoms with Crippen LogP contribution in [0.1, 0.15) is 27.6 Å². The Morgan fingerprint density at radius 3 is 2.24 bits per heavy atom. The van der Waals surface area contributed by atoms with Crippen LogP contribution in [0.4, 0.5) is 4.39 Å². The zero-order valence-electron chi connectivity index (χ0n) is 15.0. The molecule has 29 heavy (non-hydrogen) atoms. The largest absolute Gasteiger partial charge is 0.444 e. The van der Waals surface area contributed by atoms with Crippen LogP contribution in [-0.4, -0.2) is 11.9 Å². The number of amides is 1. The summed E-state index contributed by atoms with van der Waals surface area (Å²) in [5.41, 5.74) is 6.35. The van der Waals surface area contributed by atoms with Gasteiger partial charge in [-0.05, 0) is 36.4 Å². The molecule has 0 fully saturated rings. The van der Waals surface area contributed by atoms with Crippen molar-refractivity contribution < 1.29 is 18.7 Å². The van der Waals surface area contributed by atoms with E-state index >= 15 is 0 Å². The van der Waals surface area contributed by atoms with E-state index in [0.29, 0.717) is 15.4 Å². The number of esters is 1. The lowest BCUT2D eigenvalue weighted by atomic mass is 10.1. The van der Waals surface area contributed by atoms with E-state index in [1.165, 1.54) is 23.9 Å². The maximum Gasteiger partial charge on any atom is 0.340 e. The number of hydrogen-bond acceptors (Lipinski definition) is 5. The number of carbonyl (C=O) groups is 2. The van der Waals surface area contributed by atoms with Crippen LogP contribution in [0.3, 0.4) is 0 Å². The summed E-state index contributed by atoms with van der Waals surface area (Å²) in [5, 5.41) is 9.27. The highest BCUT2D eigenvalue weighted by atomic mass is 32.2. The fraction of sp³-hybridized carbons (Fsp3) is 0.0455. The Morgan fingerprint density at radius 1 is 0.966 bits per heavy atom. The van der Waals surface area contributed by atoms with Gasteiger partial charge in [0.2, 0.25) is 6.10 Å². The van der Waals surface area contributed by atoms with Crippen molar-refractivity contribution in [2.45, 2.75) is 15.9 Å². The van der Waals surface area contributed by atoms with Gasteiger partial charge >= 0.3 is 5.97 Å². The van der Waals surface area contributed by atoms with Crippen molar-refractivity contribution >= 4 is 23.6 Å². The molecule has 0 unspecified atom stereocenters. The van der Waals surface area contributed by atoms with E-state index in [1.54, 1.807) is 48.5 Å². The van der Waals surface area contributed by atoms with Crippen molar-refractivity contribution in [1.82, 2.24) is 0 Å². The van der Waals surface area contributed by atoms with Crippen LogP contribution in [0.15, 0.2) is 82.6 Å². The Morgan fingerprint density at radius 2 is 1.59 bits per heavy atom. The van der Waals surface area contributed by atoms with Crippen molar-refractivity contribution in [3.63, 3.8) is 0 Å². The van der Waals surface area contributed by atoms with Crippen molar-refractivity contribution in [2.24, 2.45) is 5.73 Å². The second-order valence-corrected chi connectivity index (χ2v) is 7.03. The lowest BCUT2D eigenvalue weighted by Gasteiger charge is -2.16. The highest BCUT2D eigenvalue weighted by Gasteiger charge is 2.25. The highest BCUT2D eigenvalue weighted by molar-refractivity contribution is 7.99. The average Bonchev–Trinajstić information content (AvgIpc) is 2.73. The van der Waals surface area contributed by atoms with Gasteiger partial charge in [-0.15, -0.1) is 0 Å². The molecular weight excluding hydrogens is 391 g/mol. The number of nitrogens with two attached hydrogens (primary N) is 1. The second-order valence-electron chi connectivity index (χ2n) is 5.95. The monoisotopic (exact) mass is 406 g/mol. The number of rotatable bonds is 6. The molecule has 3 aromatic rings. The van der Waals surface area contributed by atoms with Gasteiger partial charge in [-0.3, -0.25) is 4.79 Å². The van der Waals surface area contributed by atoms with Gasteiger partial charge in [-0.2, -0.15) is 5.26 Å². The predicted molar refractivity (Wildman–Crippen MR) is 105 cm³/mol. The van der Waals surface area contributed by atoms with Gasteiger partial charge in [0.25, 0.3) is 5.91 Å². The standard InChI is InChI=1S/C22H15FN2O3S/c23-16-11-9-14(10-12-16)20(21(25)26)28-22(27)17-6-2-4-8-19(17)29-18-7-3-1-5-15(18)13-24/h1-12,20H,(H2,25,26)/t20-/m1/s1. The first-order chi connectivity index (χ1) is 14.0. The van der Waals surface area contributed by atoms with Gasteiger partial charge in [0.1, 0.15) is 11.9 Å². The molecule has 1 amide bonds. The van der Waals surface area contributed by atoms with Crippen molar-refractivity contribution in [3.05, 3.63) is 95.3 Å². The second kappa shape index (κ2) is 9.04. The number of primary amides is 1. The van der Waals surface area contributed by atoms with Crippen LogP contribution < -0.4 is 5.73 Å². The fourth-order valence-electron chi connectivity index (χ4n) is 2.59. The maximum absolute atomic E-state index is 13.2. The first-order valence-electron chi connectivity index (χ1n) is 8.51. The molecule has 0 aromatic heterocycles. The van der Waals surface area contributed by atoms with E-state index in [4.69, 9.17) is 10.5 Å². The molecule has 7 heteroatoms. The summed E-state index contributed by atoms with van der Waals surface area (Å²) in [6.07, 6.45) is -1.35. The van der Waals surface area contributed by atoms with Gasteiger partial charge in [0.05, 0.1) is 11.1 Å². The summed E-state index contributed by atoms with van der Waals surface area (Å²) in [7, 11) is 0. The van der Waals surface area contributed by atoms with Crippen LogP contribution in [0.25, 0.3) is 0 Å². The Balaban J connectivity index is 1.88. The van der Waals surface area contributed by atoms with Gasteiger partial charge in [-0.1, -0.05) is 48.2 Å². The van der Waals surface area contributed by atoms with Gasteiger partial charge < -0.3 is 10.5 Å². The Hall–Kier alpha value is -3.63. The lowest BCUT2D eigenvalue weighted by Crippen LogP contribution is -2.26. The summed E-state index contributed by atoms with van der Waals surface area (Å²) < 4.78 is 18.5. The van der Waals surface area contributed by atoms with Gasteiger partial charge in [0, 0.05) is 15.4 Å².